The summed E-state index contributed by atoms with van der Waals surface area (Å²) in [6.07, 6.45) is 6.04. The molecule has 0 aliphatic carbocycles. The SMILES string of the molecule is CC(NC(=O)c1cnc(Cl)cn1)c1cn[nH]c1. The van der Waals surface area contributed by atoms with Crippen LogP contribution >= 0.6 is 11.6 Å². The standard InChI is InChI=1S/C10H10ClN5O/c1-6(7-2-14-15-3-7)16-10(17)8-4-13-9(11)5-12-8/h2-6H,1H3,(H,14,15)(H,16,17). The molecule has 0 radical (unpaired) electrons. The van der Waals surface area contributed by atoms with Crippen LogP contribution in [0.4, 0.5) is 0 Å². The van der Waals surface area contributed by atoms with E-state index in [-0.39, 0.29) is 22.8 Å². The molecule has 2 N–H and O–H groups in total. The van der Waals surface area contributed by atoms with Gasteiger partial charge in [-0.05, 0) is 6.92 Å². The van der Waals surface area contributed by atoms with Crippen molar-refractivity contribution in [2.75, 3.05) is 0 Å². The molecule has 2 aromatic rings. The van der Waals surface area contributed by atoms with Crippen LogP contribution in [0.5, 0.6) is 0 Å². The number of rotatable bonds is 3. The van der Waals surface area contributed by atoms with E-state index in [9.17, 15) is 4.79 Å². The van der Waals surface area contributed by atoms with Gasteiger partial charge in [-0.3, -0.25) is 9.89 Å². The topological polar surface area (TPSA) is 83.6 Å². The molecule has 2 rings (SSSR count). The normalized spacial score (nSPS) is 12.1. The molecule has 0 spiro atoms. The Morgan fingerprint density at radius 3 is 2.82 bits per heavy atom. The number of halogens is 1. The van der Waals surface area contributed by atoms with Gasteiger partial charge in [0.25, 0.3) is 5.91 Å². The van der Waals surface area contributed by atoms with Crippen molar-refractivity contribution in [1.29, 1.82) is 0 Å². The predicted octanol–water partition coefficient (Wildman–Crippen LogP) is 1.34. The van der Waals surface area contributed by atoms with Crippen molar-refractivity contribution in [3.8, 4) is 0 Å². The summed E-state index contributed by atoms with van der Waals surface area (Å²) in [5.74, 6) is -0.303. The van der Waals surface area contributed by atoms with Crippen molar-refractivity contribution in [2.24, 2.45) is 0 Å². The van der Waals surface area contributed by atoms with Gasteiger partial charge in [0.2, 0.25) is 0 Å². The molecule has 0 aliphatic rings. The lowest BCUT2D eigenvalue weighted by atomic mass is 10.2. The molecule has 17 heavy (non-hydrogen) atoms. The van der Waals surface area contributed by atoms with Crippen molar-refractivity contribution in [3.05, 3.63) is 41.2 Å². The molecule has 2 heterocycles. The van der Waals surface area contributed by atoms with Crippen molar-refractivity contribution in [2.45, 2.75) is 13.0 Å². The molecule has 1 amide bonds. The first-order valence-electron chi connectivity index (χ1n) is 4.94. The molecule has 6 nitrogen and oxygen atoms in total. The molecule has 0 fully saturated rings. The summed E-state index contributed by atoms with van der Waals surface area (Å²) < 4.78 is 0. The molecule has 1 atom stereocenters. The average Bonchev–Trinajstić information content (AvgIpc) is 2.83. The lowest BCUT2D eigenvalue weighted by molar-refractivity contribution is 0.0934. The molecule has 2 aromatic heterocycles. The number of amides is 1. The fourth-order valence-electron chi connectivity index (χ4n) is 1.28. The second-order valence-electron chi connectivity index (χ2n) is 3.45. The quantitative estimate of drug-likeness (QED) is 0.862. The highest BCUT2D eigenvalue weighted by atomic mass is 35.5. The van der Waals surface area contributed by atoms with Crippen LogP contribution in [0, 0.1) is 0 Å². The van der Waals surface area contributed by atoms with E-state index in [1.807, 2.05) is 6.92 Å². The van der Waals surface area contributed by atoms with E-state index in [2.05, 4.69) is 25.5 Å². The lowest BCUT2D eigenvalue weighted by Crippen LogP contribution is -2.27. The second kappa shape index (κ2) is 4.92. The minimum Gasteiger partial charge on any atom is -0.344 e. The number of nitrogens with one attached hydrogen (secondary N) is 2. The van der Waals surface area contributed by atoms with Gasteiger partial charge >= 0.3 is 0 Å². The number of carbonyl (C=O) groups excluding carboxylic acids is 1. The van der Waals surface area contributed by atoms with Crippen molar-refractivity contribution in [3.63, 3.8) is 0 Å². The molecule has 0 bridgehead atoms. The largest absolute Gasteiger partial charge is 0.344 e. The zero-order chi connectivity index (χ0) is 12.3. The van der Waals surface area contributed by atoms with Crippen molar-refractivity contribution >= 4 is 17.5 Å². The fourth-order valence-corrected chi connectivity index (χ4v) is 1.38. The number of hydrogen-bond acceptors (Lipinski definition) is 4. The summed E-state index contributed by atoms with van der Waals surface area (Å²) in [4.78, 5) is 19.5. The number of aromatic nitrogens is 4. The van der Waals surface area contributed by atoms with Gasteiger partial charge in [-0.2, -0.15) is 5.10 Å². The van der Waals surface area contributed by atoms with Gasteiger partial charge in [-0.1, -0.05) is 11.6 Å². The van der Waals surface area contributed by atoms with E-state index in [1.165, 1.54) is 12.4 Å². The maximum absolute atomic E-state index is 11.8. The van der Waals surface area contributed by atoms with Crippen molar-refractivity contribution < 1.29 is 4.79 Å². The van der Waals surface area contributed by atoms with E-state index in [1.54, 1.807) is 12.4 Å². The molecule has 7 heteroatoms. The van der Waals surface area contributed by atoms with Gasteiger partial charge in [-0.15, -0.1) is 0 Å². The van der Waals surface area contributed by atoms with E-state index < -0.39 is 0 Å². The lowest BCUT2D eigenvalue weighted by Gasteiger charge is -2.11. The summed E-state index contributed by atoms with van der Waals surface area (Å²) >= 11 is 5.59. The molecular weight excluding hydrogens is 242 g/mol. The summed E-state index contributed by atoms with van der Waals surface area (Å²) in [6.45, 7) is 1.85. The summed E-state index contributed by atoms with van der Waals surface area (Å²) in [7, 11) is 0. The van der Waals surface area contributed by atoms with Crippen LogP contribution in [0.2, 0.25) is 5.15 Å². The van der Waals surface area contributed by atoms with Crippen LogP contribution in [0.15, 0.2) is 24.8 Å². The third-order valence-corrected chi connectivity index (χ3v) is 2.42. The fraction of sp³-hybridized carbons (Fsp3) is 0.200. The van der Waals surface area contributed by atoms with Crippen LogP contribution in [0.3, 0.4) is 0 Å². The van der Waals surface area contributed by atoms with Gasteiger partial charge in [-0.25, -0.2) is 9.97 Å². The molecule has 88 valence electrons. The average molecular weight is 252 g/mol. The first-order valence-corrected chi connectivity index (χ1v) is 5.31. The van der Waals surface area contributed by atoms with E-state index >= 15 is 0 Å². The minimum atomic E-state index is -0.303. The van der Waals surface area contributed by atoms with Crippen LogP contribution in [-0.4, -0.2) is 26.1 Å². The van der Waals surface area contributed by atoms with Crippen LogP contribution < -0.4 is 5.32 Å². The monoisotopic (exact) mass is 251 g/mol. The molecule has 0 aromatic carbocycles. The Morgan fingerprint density at radius 2 is 2.24 bits per heavy atom. The summed E-state index contributed by atoms with van der Waals surface area (Å²) in [5, 5.41) is 9.53. The van der Waals surface area contributed by atoms with Gasteiger partial charge in [0.05, 0.1) is 24.6 Å². The Bertz CT molecular complexity index is 496. The Morgan fingerprint density at radius 1 is 1.41 bits per heavy atom. The molecule has 1 unspecified atom stereocenters. The Hall–Kier alpha value is -1.95. The first kappa shape index (κ1) is 11.5. The Labute approximate surface area is 102 Å². The zero-order valence-electron chi connectivity index (χ0n) is 9.01. The second-order valence-corrected chi connectivity index (χ2v) is 3.84. The number of aromatic amines is 1. The van der Waals surface area contributed by atoms with Gasteiger partial charge in [0.15, 0.2) is 0 Å². The first-order chi connectivity index (χ1) is 8.16. The Balaban J connectivity index is 2.04. The number of H-pyrrole nitrogens is 1. The molecule has 0 aliphatic heterocycles. The highest BCUT2D eigenvalue weighted by Gasteiger charge is 2.13. The third-order valence-electron chi connectivity index (χ3n) is 2.22. The van der Waals surface area contributed by atoms with E-state index in [4.69, 9.17) is 11.6 Å². The summed E-state index contributed by atoms with van der Waals surface area (Å²) in [5.41, 5.74) is 1.12. The van der Waals surface area contributed by atoms with Gasteiger partial charge in [0, 0.05) is 11.8 Å². The summed E-state index contributed by atoms with van der Waals surface area (Å²) in [6, 6.07) is -0.154. The third kappa shape index (κ3) is 2.79. The minimum absolute atomic E-state index is 0.154. The molecule has 0 saturated heterocycles. The smallest absolute Gasteiger partial charge is 0.271 e. The van der Waals surface area contributed by atoms with Gasteiger partial charge < -0.3 is 5.32 Å². The maximum Gasteiger partial charge on any atom is 0.271 e. The molecule has 0 saturated carbocycles. The number of hydrogen-bond donors (Lipinski definition) is 2. The van der Waals surface area contributed by atoms with Gasteiger partial charge in [0.1, 0.15) is 10.8 Å². The maximum atomic E-state index is 11.8. The van der Waals surface area contributed by atoms with Crippen molar-refractivity contribution in [1.82, 2.24) is 25.5 Å². The predicted molar refractivity (Wildman–Crippen MR) is 61.5 cm³/mol. The van der Waals surface area contributed by atoms with Crippen LogP contribution in [0.1, 0.15) is 29.0 Å². The Kier molecular flexibility index (Phi) is 3.34. The highest BCUT2D eigenvalue weighted by molar-refractivity contribution is 6.29. The highest BCUT2D eigenvalue weighted by Crippen LogP contribution is 2.10. The number of carbonyl (C=O) groups is 1. The van der Waals surface area contributed by atoms with Crippen LogP contribution in [0.25, 0.3) is 0 Å². The van der Waals surface area contributed by atoms with Crippen LogP contribution in [-0.2, 0) is 0 Å². The van der Waals surface area contributed by atoms with E-state index in [0.717, 1.165) is 5.56 Å². The zero-order valence-corrected chi connectivity index (χ0v) is 9.77. The molecular formula is C10H10ClN5O. The number of nitrogens with zero attached hydrogens (tertiary/aromatic N) is 3. The van der Waals surface area contributed by atoms with E-state index in [0.29, 0.717) is 0 Å².